The van der Waals surface area contributed by atoms with E-state index in [4.69, 9.17) is 4.74 Å². The number of halogens is 2. The third kappa shape index (κ3) is 4.55. The Balaban J connectivity index is 1.38. The van der Waals surface area contributed by atoms with Gasteiger partial charge < -0.3 is 15.4 Å². The first-order valence-electron chi connectivity index (χ1n) is 9.03. The molecule has 1 atom stereocenters. The number of amides is 2. The van der Waals surface area contributed by atoms with E-state index in [2.05, 4.69) is 10.6 Å². The number of hydrogen-bond donors (Lipinski definition) is 2. The normalized spacial score (nSPS) is 30.3. The molecule has 0 aromatic heterocycles. The van der Waals surface area contributed by atoms with Crippen molar-refractivity contribution in [2.75, 3.05) is 13.2 Å². The quantitative estimate of drug-likeness (QED) is 0.831. The van der Waals surface area contributed by atoms with Crippen molar-refractivity contribution < 1.29 is 18.3 Å². The van der Waals surface area contributed by atoms with Crippen LogP contribution in [-0.2, 0) is 4.74 Å². The fourth-order valence-corrected chi connectivity index (χ4v) is 4.30. The summed E-state index contributed by atoms with van der Waals surface area (Å²) in [6.07, 6.45) is 7.26. The minimum Gasteiger partial charge on any atom is -0.375 e. The number of alkyl halides is 2. The standard InChI is InChI=1S/C17H28F2N2O2/c18-17(19)8-3-13(4-9-17)12-20-15(22)21-14-5-10-23-16(11-14)6-1-2-7-16/h13-14H,1-12H2,(H2,20,21,22)/t14-/m0/s1. The van der Waals surface area contributed by atoms with Crippen LogP contribution in [-0.4, -0.2) is 36.7 Å². The van der Waals surface area contributed by atoms with Crippen molar-refractivity contribution >= 4 is 6.03 Å². The molecule has 0 bridgehead atoms. The van der Waals surface area contributed by atoms with E-state index in [9.17, 15) is 13.6 Å². The Kier molecular flexibility index (Phi) is 5.09. The van der Waals surface area contributed by atoms with Gasteiger partial charge in [0.2, 0.25) is 5.92 Å². The van der Waals surface area contributed by atoms with Crippen LogP contribution in [0.1, 0.15) is 64.2 Å². The Morgan fingerprint density at radius 3 is 2.48 bits per heavy atom. The summed E-state index contributed by atoms with van der Waals surface area (Å²) in [4.78, 5) is 12.1. The maximum absolute atomic E-state index is 13.1. The monoisotopic (exact) mass is 330 g/mol. The van der Waals surface area contributed by atoms with E-state index in [1.54, 1.807) is 0 Å². The predicted molar refractivity (Wildman–Crippen MR) is 83.6 cm³/mol. The minimum absolute atomic E-state index is 0.00878. The second-order valence-corrected chi connectivity index (χ2v) is 7.58. The van der Waals surface area contributed by atoms with Crippen LogP contribution in [0, 0.1) is 5.92 Å². The molecule has 4 nitrogen and oxygen atoms in total. The Hall–Kier alpha value is -0.910. The van der Waals surface area contributed by atoms with Gasteiger partial charge in [-0.25, -0.2) is 13.6 Å². The van der Waals surface area contributed by atoms with Crippen molar-refractivity contribution in [2.45, 2.75) is 81.8 Å². The van der Waals surface area contributed by atoms with Gasteiger partial charge in [-0.15, -0.1) is 0 Å². The van der Waals surface area contributed by atoms with Crippen molar-refractivity contribution in [3.05, 3.63) is 0 Å². The number of carbonyl (C=O) groups excluding carboxylic acids is 1. The van der Waals surface area contributed by atoms with E-state index in [1.165, 1.54) is 12.8 Å². The Labute approximate surface area is 136 Å². The highest BCUT2D eigenvalue weighted by Crippen LogP contribution is 2.40. The first kappa shape index (κ1) is 16.9. The van der Waals surface area contributed by atoms with Gasteiger partial charge in [0, 0.05) is 32.0 Å². The molecule has 2 saturated carbocycles. The van der Waals surface area contributed by atoms with E-state index in [1.807, 2.05) is 0 Å². The molecule has 0 aromatic carbocycles. The van der Waals surface area contributed by atoms with Crippen molar-refractivity contribution in [2.24, 2.45) is 5.92 Å². The highest BCUT2D eigenvalue weighted by Gasteiger charge is 2.40. The van der Waals surface area contributed by atoms with Gasteiger partial charge in [0.05, 0.1) is 5.60 Å². The van der Waals surface area contributed by atoms with Crippen molar-refractivity contribution in [3.63, 3.8) is 0 Å². The fraction of sp³-hybridized carbons (Fsp3) is 0.941. The van der Waals surface area contributed by atoms with Crippen LogP contribution in [0.25, 0.3) is 0 Å². The lowest BCUT2D eigenvalue weighted by Crippen LogP contribution is -2.50. The SMILES string of the molecule is O=C(NCC1CCC(F)(F)CC1)N[C@H]1CCOC2(CCCC2)C1. The molecule has 3 fully saturated rings. The molecule has 2 N–H and O–H groups in total. The first-order chi connectivity index (χ1) is 11.0. The maximum atomic E-state index is 13.1. The Morgan fingerprint density at radius 2 is 1.78 bits per heavy atom. The van der Waals surface area contributed by atoms with Crippen LogP contribution in [0.15, 0.2) is 0 Å². The molecule has 1 saturated heterocycles. The molecule has 1 spiro atoms. The van der Waals surface area contributed by atoms with Gasteiger partial charge in [-0.05, 0) is 44.4 Å². The van der Waals surface area contributed by atoms with Gasteiger partial charge in [0.25, 0.3) is 0 Å². The van der Waals surface area contributed by atoms with E-state index in [0.717, 1.165) is 25.7 Å². The molecule has 0 aromatic rings. The molecule has 2 aliphatic carbocycles. The zero-order valence-corrected chi connectivity index (χ0v) is 13.7. The zero-order chi connectivity index (χ0) is 16.3. The molecule has 1 aliphatic heterocycles. The number of rotatable bonds is 3. The topological polar surface area (TPSA) is 50.4 Å². The van der Waals surface area contributed by atoms with Gasteiger partial charge >= 0.3 is 6.03 Å². The number of hydrogen-bond acceptors (Lipinski definition) is 2. The number of ether oxygens (including phenoxy) is 1. The van der Waals surface area contributed by atoms with E-state index < -0.39 is 5.92 Å². The van der Waals surface area contributed by atoms with Gasteiger partial charge in [0.1, 0.15) is 0 Å². The molecule has 0 unspecified atom stereocenters. The summed E-state index contributed by atoms with van der Waals surface area (Å²) in [5.74, 6) is -2.33. The molecule has 3 aliphatic rings. The molecule has 23 heavy (non-hydrogen) atoms. The van der Waals surface area contributed by atoms with Crippen LogP contribution < -0.4 is 10.6 Å². The summed E-state index contributed by atoms with van der Waals surface area (Å²) >= 11 is 0. The molecule has 3 rings (SSSR count). The molecular weight excluding hydrogens is 302 g/mol. The first-order valence-corrected chi connectivity index (χ1v) is 9.03. The van der Waals surface area contributed by atoms with Crippen molar-refractivity contribution in [3.8, 4) is 0 Å². The van der Waals surface area contributed by atoms with Gasteiger partial charge in [-0.2, -0.15) is 0 Å². The van der Waals surface area contributed by atoms with Crippen LogP contribution >= 0.6 is 0 Å². The fourth-order valence-electron chi connectivity index (χ4n) is 4.30. The predicted octanol–water partition coefficient (Wildman–Crippen LogP) is 3.60. The Bertz CT molecular complexity index is 415. The summed E-state index contributed by atoms with van der Waals surface area (Å²) in [6, 6.07) is -0.0000743. The third-order valence-electron chi connectivity index (χ3n) is 5.73. The molecule has 0 radical (unpaired) electrons. The second kappa shape index (κ2) is 6.91. The van der Waals surface area contributed by atoms with Gasteiger partial charge in [-0.1, -0.05) is 12.8 Å². The molecule has 2 amide bonds. The van der Waals surface area contributed by atoms with Crippen molar-refractivity contribution in [1.82, 2.24) is 10.6 Å². The third-order valence-corrected chi connectivity index (χ3v) is 5.73. The van der Waals surface area contributed by atoms with Gasteiger partial charge in [0.15, 0.2) is 0 Å². The smallest absolute Gasteiger partial charge is 0.315 e. The largest absolute Gasteiger partial charge is 0.375 e. The average Bonchev–Trinajstić information content (AvgIpc) is 2.94. The Morgan fingerprint density at radius 1 is 1.09 bits per heavy atom. The summed E-state index contributed by atoms with van der Waals surface area (Å²) < 4.78 is 32.2. The number of nitrogens with one attached hydrogen (secondary N) is 2. The van der Waals surface area contributed by atoms with E-state index >= 15 is 0 Å². The summed E-state index contributed by atoms with van der Waals surface area (Å²) in [6.45, 7) is 1.21. The minimum atomic E-state index is -2.50. The lowest BCUT2D eigenvalue weighted by molar-refractivity contribution is -0.0820. The van der Waals surface area contributed by atoms with Crippen LogP contribution in [0.3, 0.4) is 0 Å². The number of urea groups is 1. The maximum Gasteiger partial charge on any atom is 0.315 e. The molecular formula is C17H28F2N2O2. The van der Waals surface area contributed by atoms with Crippen LogP contribution in [0.2, 0.25) is 0 Å². The van der Waals surface area contributed by atoms with Crippen molar-refractivity contribution in [1.29, 1.82) is 0 Å². The highest BCUT2D eigenvalue weighted by atomic mass is 19.3. The number of carbonyl (C=O) groups is 1. The lowest BCUT2D eigenvalue weighted by atomic mass is 9.87. The van der Waals surface area contributed by atoms with E-state index in [-0.39, 0.29) is 36.4 Å². The molecule has 6 heteroatoms. The van der Waals surface area contributed by atoms with Crippen LogP contribution in [0.5, 0.6) is 0 Å². The second-order valence-electron chi connectivity index (χ2n) is 7.58. The summed E-state index contributed by atoms with van der Waals surface area (Å²) in [5.41, 5.74) is -0.00878. The molecule has 1 heterocycles. The average molecular weight is 330 g/mol. The summed E-state index contributed by atoms with van der Waals surface area (Å²) in [7, 11) is 0. The van der Waals surface area contributed by atoms with E-state index in [0.29, 0.717) is 26.0 Å². The summed E-state index contributed by atoms with van der Waals surface area (Å²) in [5, 5.41) is 5.92. The highest BCUT2D eigenvalue weighted by molar-refractivity contribution is 5.74. The van der Waals surface area contributed by atoms with Gasteiger partial charge in [-0.3, -0.25) is 0 Å². The lowest BCUT2D eigenvalue weighted by Gasteiger charge is -2.38. The molecule has 132 valence electrons. The van der Waals surface area contributed by atoms with Crippen LogP contribution in [0.4, 0.5) is 13.6 Å². The zero-order valence-electron chi connectivity index (χ0n) is 13.7.